The van der Waals surface area contributed by atoms with Crippen LogP contribution in [0.1, 0.15) is 5.56 Å². The Hall–Kier alpha value is -1.26. The minimum absolute atomic E-state index is 0. The highest BCUT2D eigenvalue weighted by Crippen LogP contribution is 2.30. The lowest BCUT2D eigenvalue weighted by Gasteiger charge is -2.19. The van der Waals surface area contributed by atoms with E-state index in [1.54, 1.807) is 6.07 Å². The number of nitrogens with two attached hydrogens (primary N) is 1. The van der Waals surface area contributed by atoms with Gasteiger partial charge in [0.15, 0.2) is 6.61 Å². The number of nitrogens with one attached hydrogen (secondary N) is 1. The summed E-state index contributed by atoms with van der Waals surface area (Å²) in [6.07, 6.45) is 0. The summed E-state index contributed by atoms with van der Waals surface area (Å²) in [6.45, 7) is 0.489. The first-order chi connectivity index (χ1) is 6.31. The van der Waals surface area contributed by atoms with E-state index in [9.17, 15) is 4.79 Å². The number of carbonyl (C=O) groups excluding carboxylic acids is 1. The SMILES string of the molecule is Cl.NCc1cccc2c1OCC(=O)N2. The van der Waals surface area contributed by atoms with Gasteiger partial charge in [-0.25, -0.2) is 0 Å². The van der Waals surface area contributed by atoms with Crippen LogP contribution in [-0.4, -0.2) is 12.5 Å². The fourth-order valence-corrected chi connectivity index (χ4v) is 1.34. The van der Waals surface area contributed by atoms with Crippen LogP contribution in [0.2, 0.25) is 0 Å². The van der Waals surface area contributed by atoms with E-state index in [0.29, 0.717) is 18.0 Å². The maximum absolute atomic E-state index is 11.0. The Morgan fingerprint density at radius 3 is 3.00 bits per heavy atom. The molecule has 1 amide bonds. The Morgan fingerprint density at radius 1 is 1.50 bits per heavy atom. The molecule has 5 heteroatoms. The molecule has 4 nitrogen and oxygen atoms in total. The van der Waals surface area contributed by atoms with Crippen LogP contribution in [0.3, 0.4) is 0 Å². The first-order valence-electron chi connectivity index (χ1n) is 4.06. The number of anilines is 1. The smallest absolute Gasteiger partial charge is 0.262 e. The average Bonchev–Trinajstić information content (AvgIpc) is 2.16. The van der Waals surface area contributed by atoms with Gasteiger partial charge in [0.1, 0.15) is 5.75 Å². The molecule has 0 fully saturated rings. The van der Waals surface area contributed by atoms with Crippen LogP contribution >= 0.6 is 12.4 Å². The highest BCUT2D eigenvalue weighted by molar-refractivity contribution is 5.95. The molecule has 1 aliphatic rings. The molecule has 0 unspecified atom stereocenters. The van der Waals surface area contributed by atoms with Gasteiger partial charge in [0.05, 0.1) is 5.69 Å². The number of hydrogen-bond donors (Lipinski definition) is 2. The Bertz CT molecular complexity index is 355. The van der Waals surface area contributed by atoms with Crippen LogP contribution in [0.25, 0.3) is 0 Å². The van der Waals surface area contributed by atoms with Gasteiger partial charge in [-0.15, -0.1) is 12.4 Å². The van der Waals surface area contributed by atoms with Gasteiger partial charge in [-0.2, -0.15) is 0 Å². The fraction of sp³-hybridized carbons (Fsp3) is 0.222. The maximum Gasteiger partial charge on any atom is 0.262 e. The van der Waals surface area contributed by atoms with Crippen LogP contribution in [0.5, 0.6) is 5.75 Å². The molecule has 0 spiro atoms. The molecule has 0 saturated heterocycles. The minimum atomic E-state index is -0.123. The third-order valence-electron chi connectivity index (χ3n) is 1.94. The lowest BCUT2D eigenvalue weighted by molar-refractivity contribution is -0.118. The summed E-state index contributed by atoms with van der Waals surface area (Å²) in [5.41, 5.74) is 7.14. The normalized spacial score (nSPS) is 13.4. The van der Waals surface area contributed by atoms with Crippen molar-refractivity contribution in [2.75, 3.05) is 11.9 Å². The zero-order valence-electron chi connectivity index (χ0n) is 7.45. The van der Waals surface area contributed by atoms with E-state index < -0.39 is 0 Å². The van der Waals surface area contributed by atoms with Crippen LogP contribution < -0.4 is 15.8 Å². The third-order valence-corrected chi connectivity index (χ3v) is 1.94. The molecule has 76 valence electrons. The summed E-state index contributed by atoms with van der Waals surface area (Å²) in [7, 11) is 0. The molecule has 1 heterocycles. The van der Waals surface area contributed by atoms with Gasteiger partial charge in [-0.05, 0) is 6.07 Å². The van der Waals surface area contributed by atoms with Crippen molar-refractivity contribution in [1.82, 2.24) is 0 Å². The summed E-state index contributed by atoms with van der Waals surface area (Å²) in [5.74, 6) is 0.575. The predicted molar refractivity (Wildman–Crippen MR) is 55.7 cm³/mol. The fourth-order valence-electron chi connectivity index (χ4n) is 1.34. The standard InChI is InChI=1S/C9H10N2O2.ClH/c10-4-6-2-1-3-7-9(6)13-5-8(12)11-7;/h1-3H,4-5,10H2,(H,11,12);1H. The number of hydrogen-bond acceptors (Lipinski definition) is 3. The average molecular weight is 215 g/mol. The third kappa shape index (κ3) is 1.81. The molecule has 2 rings (SSSR count). The van der Waals surface area contributed by atoms with Crippen molar-refractivity contribution < 1.29 is 9.53 Å². The van der Waals surface area contributed by atoms with Crippen LogP contribution in [0.4, 0.5) is 5.69 Å². The lowest BCUT2D eigenvalue weighted by atomic mass is 10.1. The zero-order chi connectivity index (χ0) is 9.26. The van der Waals surface area contributed by atoms with Crippen molar-refractivity contribution in [3.05, 3.63) is 23.8 Å². The van der Waals surface area contributed by atoms with Crippen molar-refractivity contribution in [1.29, 1.82) is 0 Å². The van der Waals surface area contributed by atoms with Crippen LogP contribution in [0, 0.1) is 0 Å². The van der Waals surface area contributed by atoms with E-state index in [0.717, 1.165) is 5.56 Å². The molecule has 0 saturated carbocycles. The highest BCUT2D eigenvalue weighted by Gasteiger charge is 2.17. The van der Waals surface area contributed by atoms with Crippen molar-refractivity contribution in [2.45, 2.75) is 6.54 Å². The number of amides is 1. The summed E-state index contributed by atoms with van der Waals surface area (Å²) < 4.78 is 5.27. The van der Waals surface area contributed by atoms with E-state index in [4.69, 9.17) is 10.5 Å². The molecule has 0 bridgehead atoms. The van der Waals surface area contributed by atoms with Crippen molar-refractivity contribution in [3.63, 3.8) is 0 Å². The molecule has 14 heavy (non-hydrogen) atoms. The van der Waals surface area contributed by atoms with Gasteiger partial charge in [0.25, 0.3) is 5.91 Å². The van der Waals surface area contributed by atoms with Gasteiger partial charge in [0, 0.05) is 12.1 Å². The van der Waals surface area contributed by atoms with Crippen LogP contribution in [-0.2, 0) is 11.3 Å². The van der Waals surface area contributed by atoms with E-state index in [1.165, 1.54) is 0 Å². The summed E-state index contributed by atoms with van der Waals surface area (Å²) in [6, 6.07) is 5.53. The van der Waals surface area contributed by atoms with Gasteiger partial charge < -0.3 is 15.8 Å². The highest BCUT2D eigenvalue weighted by atomic mass is 35.5. The second-order valence-corrected chi connectivity index (χ2v) is 2.83. The largest absolute Gasteiger partial charge is 0.481 e. The molecule has 1 aromatic carbocycles. The number of halogens is 1. The Morgan fingerprint density at radius 2 is 2.29 bits per heavy atom. The lowest BCUT2D eigenvalue weighted by Crippen LogP contribution is -2.26. The van der Waals surface area contributed by atoms with Crippen molar-refractivity contribution in [2.24, 2.45) is 5.73 Å². The van der Waals surface area contributed by atoms with Gasteiger partial charge in [0.2, 0.25) is 0 Å². The maximum atomic E-state index is 11.0. The number of carbonyl (C=O) groups is 1. The molecule has 3 N–H and O–H groups in total. The van der Waals surface area contributed by atoms with Gasteiger partial charge in [-0.3, -0.25) is 4.79 Å². The summed E-state index contributed by atoms with van der Waals surface area (Å²) in [4.78, 5) is 11.0. The van der Waals surface area contributed by atoms with Gasteiger partial charge in [-0.1, -0.05) is 12.1 Å². The predicted octanol–water partition coefficient (Wildman–Crippen LogP) is 0.898. The second kappa shape index (κ2) is 4.30. The molecule has 0 aromatic heterocycles. The van der Waals surface area contributed by atoms with E-state index >= 15 is 0 Å². The van der Waals surface area contributed by atoms with Crippen molar-refractivity contribution >= 4 is 24.0 Å². The first kappa shape index (κ1) is 10.8. The Kier molecular flexibility index (Phi) is 3.33. The number of benzene rings is 1. The van der Waals surface area contributed by atoms with Crippen LogP contribution in [0.15, 0.2) is 18.2 Å². The minimum Gasteiger partial charge on any atom is -0.481 e. The number of ether oxygens (including phenoxy) is 1. The molecule has 1 aromatic rings. The Labute approximate surface area is 87.8 Å². The summed E-state index contributed by atoms with van der Waals surface area (Å²) in [5, 5.41) is 2.72. The molecule has 0 atom stereocenters. The van der Waals surface area contributed by atoms with E-state index in [2.05, 4.69) is 5.32 Å². The monoisotopic (exact) mass is 214 g/mol. The second-order valence-electron chi connectivity index (χ2n) is 2.83. The molecular formula is C9H11ClN2O2. The van der Waals surface area contributed by atoms with Crippen molar-refractivity contribution in [3.8, 4) is 5.75 Å². The van der Waals surface area contributed by atoms with Gasteiger partial charge >= 0.3 is 0 Å². The topological polar surface area (TPSA) is 64.3 Å². The molecule has 1 aliphatic heterocycles. The number of para-hydroxylation sites is 1. The number of fused-ring (bicyclic) bond motifs is 1. The number of rotatable bonds is 1. The molecule has 0 aliphatic carbocycles. The van der Waals surface area contributed by atoms with E-state index in [1.807, 2.05) is 12.1 Å². The first-order valence-corrected chi connectivity index (χ1v) is 4.06. The quantitative estimate of drug-likeness (QED) is 0.730. The summed E-state index contributed by atoms with van der Waals surface area (Å²) >= 11 is 0. The molecular weight excluding hydrogens is 204 g/mol. The zero-order valence-corrected chi connectivity index (χ0v) is 8.26. The van der Waals surface area contributed by atoms with E-state index in [-0.39, 0.29) is 24.9 Å². The molecule has 0 radical (unpaired) electrons. The Balaban J connectivity index is 0.000000980.